The summed E-state index contributed by atoms with van der Waals surface area (Å²) in [6, 6.07) is -0.315. The maximum atomic E-state index is 11.0. The third kappa shape index (κ3) is 3.47. The summed E-state index contributed by atoms with van der Waals surface area (Å²) in [5, 5.41) is 9.07. The molecular weight excluding hydrogens is 194 g/mol. The summed E-state index contributed by atoms with van der Waals surface area (Å²) in [7, 11) is 1.70. The van der Waals surface area contributed by atoms with Crippen LogP contribution in [0.15, 0.2) is 0 Å². The molecule has 1 heterocycles. The van der Waals surface area contributed by atoms with Crippen molar-refractivity contribution in [1.82, 2.24) is 4.90 Å². The molecule has 0 aromatic heterocycles. The van der Waals surface area contributed by atoms with E-state index >= 15 is 0 Å². The third-order valence-corrected chi connectivity index (χ3v) is 3.07. The number of piperidine rings is 1. The Morgan fingerprint density at radius 1 is 1.67 bits per heavy atom. The summed E-state index contributed by atoms with van der Waals surface area (Å²) < 4.78 is 5.13. The van der Waals surface area contributed by atoms with Crippen LogP contribution in [0, 0.1) is 5.92 Å². The smallest absolute Gasteiger partial charge is 0.320 e. The van der Waals surface area contributed by atoms with Crippen molar-refractivity contribution in [3.63, 3.8) is 0 Å². The highest BCUT2D eigenvalue weighted by Gasteiger charge is 2.28. The van der Waals surface area contributed by atoms with Gasteiger partial charge in [0.2, 0.25) is 0 Å². The lowest BCUT2D eigenvalue weighted by Crippen LogP contribution is -2.47. The van der Waals surface area contributed by atoms with Crippen LogP contribution in [0.4, 0.5) is 0 Å². The van der Waals surface area contributed by atoms with E-state index in [2.05, 4.69) is 4.90 Å². The van der Waals surface area contributed by atoms with E-state index < -0.39 is 5.97 Å². The van der Waals surface area contributed by atoms with E-state index in [0.29, 0.717) is 12.3 Å². The summed E-state index contributed by atoms with van der Waals surface area (Å²) in [6.45, 7) is 4.44. The van der Waals surface area contributed by atoms with Crippen LogP contribution in [0.25, 0.3) is 0 Å². The molecule has 1 aliphatic rings. The highest BCUT2D eigenvalue weighted by molar-refractivity contribution is 5.73. The van der Waals surface area contributed by atoms with Gasteiger partial charge in [-0.2, -0.15) is 0 Å². The molecule has 1 aliphatic heterocycles. The minimum atomic E-state index is -0.699. The van der Waals surface area contributed by atoms with Crippen LogP contribution in [0.1, 0.15) is 26.2 Å². The van der Waals surface area contributed by atoms with Crippen LogP contribution in [0.2, 0.25) is 0 Å². The van der Waals surface area contributed by atoms with Crippen molar-refractivity contribution in [1.29, 1.82) is 0 Å². The van der Waals surface area contributed by atoms with E-state index in [1.807, 2.05) is 6.92 Å². The Labute approximate surface area is 91.2 Å². The first kappa shape index (κ1) is 12.5. The highest BCUT2D eigenvalue weighted by Crippen LogP contribution is 2.19. The van der Waals surface area contributed by atoms with Crippen molar-refractivity contribution in [2.75, 3.05) is 26.8 Å². The molecule has 0 unspecified atom stereocenters. The van der Waals surface area contributed by atoms with Gasteiger partial charge in [-0.3, -0.25) is 9.69 Å². The first-order valence-corrected chi connectivity index (χ1v) is 5.64. The maximum Gasteiger partial charge on any atom is 0.320 e. The molecule has 4 nitrogen and oxygen atoms in total. The average Bonchev–Trinajstić information content (AvgIpc) is 2.19. The first-order chi connectivity index (χ1) is 7.19. The van der Waals surface area contributed by atoms with Crippen molar-refractivity contribution in [3.05, 3.63) is 0 Å². The molecule has 1 N–H and O–H groups in total. The molecule has 88 valence electrons. The zero-order chi connectivity index (χ0) is 11.3. The van der Waals surface area contributed by atoms with Crippen molar-refractivity contribution in [3.8, 4) is 0 Å². The van der Waals surface area contributed by atoms with E-state index in [-0.39, 0.29) is 6.04 Å². The Morgan fingerprint density at radius 3 is 2.93 bits per heavy atom. The Balaban J connectivity index is 2.50. The molecule has 0 aromatic rings. The molecule has 4 heteroatoms. The van der Waals surface area contributed by atoms with Gasteiger partial charge in [0.1, 0.15) is 6.04 Å². The van der Waals surface area contributed by atoms with Crippen molar-refractivity contribution in [2.45, 2.75) is 32.2 Å². The number of carbonyl (C=O) groups is 1. The van der Waals surface area contributed by atoms with Crippen molar-refractivity contribution < 1.29 is 14.6 Å². The molecule has 0 radical (unpaired) electrons. The number of likely N-dealkylation sites (tertiary alicyclic amines) is 1. The standard InChI is InChI=1S/C11H21NO3/c1-3-10(11(13)14)12-6-4-5-9(7-12)8-15-2/h9-10H,3-8H2,1-2H3,(H,13,14)/t9-,10-/m0/s1. The number of hydrogen-bond donors (Lipinski definition) is 1. The van der Waals surface area contributed by atoms with E-state index in [1.165, 1.54) is 0 Å². The first-order valence-electron chi connectivity index (χ1n) is 5.64. The lowest BCUT2D eigenvalue weighted by atomic mass is 9.97. The zero-order valence-electron chi connectivity index (χ0n) is 9.61. The summed E-state index contributed by atoms with van der Waals surface area (Å²) in [5.41, 5.74) is 0. The molecule has 0 aromatic carbocycles. The second kappa shape index (κ2) is 6.08. The van der Waals surface area contributed by atoms with Gasteiger partial charge in [0.15, 0.2) is 0 Å². The van der Waals surface area contributed by atoms with E-state index in [0.717, 1.165) is 32.5 Å². The summed E-state index contributed by atoms with van der Waals surface area (Å²) in [6.07, 6.45) is 2.91. The van der Waals surface area contributed by atoms with Crippen LogP contribution in [0.5, 0.6) is 0 Å². The minimum Gasteiger partial charge on any atom is -0.480 e. The number of carboxylic acids is 1. The number of rotatable bonds is 5. The van der Waals surface area contributed by atoms with Crippen molar-refractivity contribution >= 4 is 5.97 Å². The number of methoxy groups -OCH3 is 1. The molecule has 0 spiro atoms. The Bertz CT molecular complexity index is 206. The predicted molar refractivity (Wildman–Crippen MR) is 57.9 cm³/mol. The zero-order valence-corrected chi connectivity index (χ0v) is 9.61. The Hall–Kier alpha value is -0.610. The van der Waals surface area contributed by atoms with E-state index in [9.17, 15) is 4.79 Å². The largest absolute Gasteiger partial charge is 0.480 e. The number of aliphatic carboxylic acids is 1. The fourth-order valence-corrected chi connectivity index (χ4v) is 2.34. The number of nitrogens with zero attached hydrogens (tertiary/aromatic N) is 1. The topological polar surface area (TPSA) is 49.8 Å². The molecular formula is C11H21NO3. The lowest BCUT2D eigenvalue weighted by molar-refractivity contribution is -0.144. The molecule has 0 saturated carbocycles. The molecule has 15 heavy (non-hydrogen) atoms. The second-order valence-electron chi connectivity index (χ2n) is 4.22. The van der Waals surface area contributed by atoms with Crippen LogP contribution in [-0.2, 0) is 9.53 Å². The summed E-state index contributed by atoms with van der Waals surface area (Å²) in [5.74, 6) is -0.201. The molecule has 1 fully saturated rings. The fourth-order valence-electron chi connectivity index (χ4n) is 2.34. The SMILES string of the molecule is CC[C@@H](C(=O)O)N1CCC[C@H](COC)C1. The molecule has 1 rings (SSSR count). The van der Waals surface area contributed by atoms with Crippen LogP contribution >= 0.6 is 0 Å². The van der Waals surface area contributed by atoms with E-state index in [1.54, 1.807) is 7.11 Å². The van der Waals surface area contributed by atoms with Gasteiger partial charge in [-0.1, -0.05) is 6.92 Å². The van der Waals surface area contributed by atoms with Crippen LogP contribution in [0.3, 0.4) is 0 Å². The average molecular weight is 215 g/mol. The second-order valence-corrected chi connectivity index (χ2v) is 4.22. The van der Waals surface area contributed by atoms with Gasteiger partial charge in [0.05, 0.1) is 6.61 Å². The van der Waals surface area contributed by atoms with Gasteiger partial charge in [-0.15, -0.1) is 0 Å². The normalized spacial score (nSPS) is 25.1. The minimum absolute atomic E-state index is 0.315. The predicted octanol–water partition coefficient (Wildman–Crippen LogP) is 1.21. The lowest BCUT2D eigenvalue weighted by Gasteiger charge is -2.35. The van der Waals surface area contributed by atoms with Crippen LogP contribution < -0.4 is 0 Å². The Kier molecular flexibility index (Phi) is 5.05. The number of carboxylic acid groups (broad SMARTS) is 1. The third-order valence-electron chi connectivity index (χ3n) is 3.07. The molecule has 0 amide bonds. The monoisotopic (exact) mass is 215 g/mol. The number of hydrogen-bond acceptors (Lipinski definition) is 3. The van der Waals surface area contributed by atoms with Gasteiger partial charge in [0, 0.05) is 13.7 Å². The summed E-state index contributed by atoms with van der Waals surface area (Å²) in [4.78, 5) is 13.1. The maximum absolute atomic E-state index is 11.0. The van der Waals surface area contributed by atoms with Gasteiger partial charge >= 0.3 is 5.97 Å². The number of ether oxygens (including phenoxy) is 1. The van der Waals surface area contributed by atoms with Gasteiger partial charge in [0.25, 0.3) is 0 Å². The highest BCUT2D eigenvalue weighted by atomic mass is 16.5. The molecule has 1 saturated heterocycles. The molecule has 0 aliphatic carbocycles. The molecule has 0 bridgehead atoms. The molecule has 2 atom stereocenters. The summed E-state index contributed by atoms with van der Waals surface area (Å²) >= 11 is 0. The Morgan fingerprint density at radius 2 is 2.40 bits per heavy atom. The van der Waals surface area contributed by atoms with Gasteiger partial charge < -0.3 is 9.84 Å². The van der Waals surface area contributed by atoms with Crippen LogP contribution in [-0.4, -0.2) is 48.8 Å². The quantitative estimate of drug-likeness (QED) is 0.749. The van der Waals surface area contributed by atoms with Gasteiger partial charge in [-0.25, -0.2) is 0 Å². The van der Waals surface area contributed by atoms with Crippen molar-refractivity contribution in [2.24, 2.45) is 5.92 Å². The fraction of sp³-hybridized carbons (Fsp3) is 0.909. The van der Waals surface area contributed by atoms with Gasteiger partial charge in [-0.05, 0) is 31.7 Å². The van der Waals surface area contributed by atoms with E-state index in [4.69, 9.17) is 9.84 Å².